The van der Waals surface area contributed by atoms with E-state index < -0.39 is 0 Å². The lowest BCUT2D eigenvalue weighted by molar-refractivity contribution is -0.141. The molecule has 2 aliphatic rings. The molecule has 3 rings (SSSR count). The lowest BCUT2D eigenvalue weighted by atomic mass is 9.92. The number of likely N-dealkylation sites (tertiary alicyclic amines) is 2. The van der Waals surface area contributed by atoms with Gasteiger partial charge in [-0.3, -0.25) is 9.59 Å². The van der Waals surface area contributed by atoms with Gasteiger partial charge < -0.3 is 15.1 Å². The van der Waals surface area contributed by atoms with Crippen molar-refractivity contribution in [3.63, 3.8) is 0 Å². The first kappa shape index (κ1) is 18.6. The van der Waals surface area contributed by atoms with Crippen molar-refractivity contribution in [3.05, 3.63) is 18.5 Å². The summed E-state index contributed by atoms with van der Waals surface area (Å²) in [6.45, 7) is 5.89. The number of rotatable bonds is 5. The third-order valence-corrected chi connectivity index (χ3v) is 5.35. The van der Waals surface area contributed by atoms with Gasteiger partial charge in [-0.1, -0.05) is 6.92 Å². The zero-order valence-corrected chi connectivity index (χ0v) is 15.6. The number of anilines is 1. The second-order valence-corrected chi connectivity index (χ2v) is 7.44. The number of aromatic nitrogens is 2. The van der Waals surface area contributed by atoms with Crippen molar-refractivity contribution in [2.75, 3.05) is 38.0 Å². The first-order chi connectivity index (χ1) is 12.6. The summed E-state index contributed by atoms with van der Waals surface area (Å²) >= 11 is 0. The van der Waals surface area contributed by atoms with Crippen LogP contribution in [0.1, 0.15) is 39.0 Å². The number of nitrogens with zero attached hydrogens (tertiary/aromatic N) is 4. The molecule has 2 amide bonds. The minimum atomic E-state index is 0.0835. The zero-order valence-electron chi connectivity index (χ0n) is 15.6. The number of hydrogen-bond acceptors (Lipinski definition) is 5. The second kappa shape index (κ2) is 8.96. The van der Waals surface area contributed by atoms with E-state index in [2.05, 4.69) is 22.2 Å². The largest absolute Gasteiger partial charge is 0.354 e. The van der Waals surface area contributed by atoms with E-state index in [1.54, 1.807) is 18.5 Å². The highest BCUT2D eigenvalue weighted by atomic mass is 16.2. The molecule has 1 aromatic rings. The molecule has 0 radical (unpaired) electrons. The van der Waals surface area contributed by atoms with E-state index in [0.29, 0.717) is 43.8 Å². The molecule has 7 nitrogen and oxygen atoms in total. The molecule has 142 valence electrons. The minimum Gasteiger partial charge on any atom is -0.354 e. The van der Waals surface area contributed by atoms with Crippen molar-refractivity contribution in [2.45, 2.75) is 39.0 Å². The van der Waals surface area contributed by atoms with Crippen molar-refractivity contribution in [1.29, 1.82) is 0 Å². The molecule has 0 spiro atoms. The molecule has 0 aliphatic carbocycles. The number of piperidine rings is 2. The Morgan fingerprint density at radius 2 is 1.85 bits per heavy atom. The average Bonchev–Trinajstić information content (AvgIpc) is 2.68. The summed E-state index contributed by atoms with van der Waals surface area (Å²) in [6, 6.07) is 1.76. The van der Waals surface area contributed by atoms with E-state index in [0.717, 1.165) is 32.4 Å². The van der Waals surface area contributed by atoms with Crippen molar-refractivity contribution >= 4 is 17.8 Å². The summed E-state index contributed by atoms with van der Waals surface area (Å²) in [6.07, 6.45) is 7.65. The van der Waals surface area contributed by atoms with E-state index in [4.69, 9.17) is 0 Å². The molecule has 0 saturated carbocycles. The van der Waals surface area contributed by atoms with Gasteiger partial charge in [0.25, 0.3) is 0 Å². The molecule has 2 saturated heterocycles. The van der Waals surface area contributed by atoms with Crippen LogP contribution in [-0.4, -0.2) is 64.3 Å². The summed E-state index contributed by atoms with van der Waals surface area (Å²) in [7, 11) is 0. The van der Waals surface area contributed by atoms with Crippen molar-refractivity contribution in [1.82, 2.24) is 19.8 Å². The predicted octanol–water partition coefficient (Wildman–Crippen LogP) is 1.78. The molecule has 1 aromatic heterocycles. The van der Waals surface area contributed by atoms with E-state index >= 15 is 0 Å². The Balaban J connectivity index is 1.38. The first-order valence-corrected chi connectivity index (χ1v) is 9.71. The number of hydrogen-bond donors (Lipinski definition) is 1. The highest BCUT2D eigenvalue weighted by Crippen LogP contribution is 2.23. The Bertz CT molecular complexity index is 601. The van der Waals surface area contributed by atoms with E-state index in [-0.39, 0.29) is 11.8 Å². The maximum atomic E-state index is 12.7. The fourth-order valence-corrected chi connectivity index (χ4v) is 3.85. The van der Waals surface area contributed by atoms with Gasteiger partial charge in [-0.05, 0) is 37.7 Å². The zero-order chi connectivity index (χ0) is 18.4. The number of nitrogens with one attached hydrogen (secondary N) is 1. The van der Waals surface area contributed by atoms with Crippen LogP contribution in [0.5, 0.6) is 0 Å². The smallest absolute Gasteiger partial charge is 0.225 e. The van der Waals surface area contributed by atoms with Crippen LogP contribution >= 0.6 is 0 Å². The van der Waals surface area contributed by atoms with Gasteiger partial charge in [0, 0.05) is 57.5 Å². The molecule has 2 fully saturated rings. The third kappa shape index (κ3) is 4.93. The van der Waals surface area contributed by atoms with E-state index in [1.165, 1.54) is 6.42 Å². The Morgan fingerprint density at radius 1 is 1.12 bits per heavy atom. The molecule has 0 aromatic carbocycles. The lowest BCUT2D eigenvalue weighted by Crippen LogP contribution is -2.47. The quantitative estimate of drug-likeness (QED) is 0.867. The monoisotopic (exact) mass is 359 g/mol. The van der Waals surface area contributed by atoms with Crippen LogP contribution < -0.4 is 5.32 Å². The van der Waals surface area contributed by atoms with Crippen LogP contribution in [0.2, 0.25) is 0 Å². The van der Waals surface area contributed by atoms with Gasteiger partial charge in [0.05, 0.1) is 0 Å². The molecule has 26 heavy (non-hydrogen) atoms. The summed E-state index contributed by atoms with van der Waals surface area (Å²) in [5.41, 5.74) is 0. The molecule has 2 aliphatic heterocycles. The average molecular weight is 359 g/mol. The van der Waals surface area contributed by atoms with Gasteiger partial charge in [0.2, 0.25) is 17.8 Å². The number of amides is 2. The van der Waals surface area contributed by atoms with Crippen molar-refractivity contribution in [3.8, 4) is 0 Å². The fourth-order valence-electron chi connectivity index (χ4n) is 3.85. The molecule has 7 heteroatoms. The summed E-state index contributed by atoms with van der Waals surface area (Å²) < 4.78 is 0. The van der Waals surface area contributed by atoms with Gasteiger partial charge in [-0.25, -0.2) is 9.97 Å². The van der Waals surface area contributed by atoms with Crippen LogP contribution in [0.3, 0.4) is 0 Å². The lowest BCUT2D eigenvalue weighted by Gasteiger charge is -2.37. The van der Waals surface area contributed by atoms with Gasteiger partial charge in [0.1, 0.15) is 0 Å². The molecule has 1 N–H and O–H groups in total. The van der Waals surface area contributed by atoms with Gasteiger partial charge in [-0.15, -0.1) is 0 Å². The highest BCUT2D eigenvalue weighted by Gasteiger charge is 2.31. The van der Waals surface area contributed by atoms with Crippen LogP contribution in [-0.2, 0) is 9.59 Å². The first-order valence-electron chi connectivity index (χ1n) is 9.71. The maximum absolute atomic E-state index is 12.7. The minimum absolute atomic E-state index is 0.0835. The topological polar surface area (TPSA) is 78.4 Å². The molecule has 1 unspecified atom stereocenters. The van der Waals surface area contributed by atoms with Crippen LogP contribution in [0.25, 0.3) is 0 Å². The standard InChI is InChI=1S/C19H29N5O2/c1-15-4-2-11-24(14-15)18(26)16-6-12-23(13-7-16)17(25)5-10-22-19-20-8-3-9-21-19/h3,8-9,15-16H,2,4-7,10-14H2,1H3,(H,20,21,22). The van der Waals surface area contributed by atoms with E-state index in [1.807, 2.05) is 9.80 Å². The summed E-state index contributed by atoms with van der Waals surface area (Å²) in [4.78, 5) is 37.1. The van der Waals surface area contributed by atoms with Crippen LogP contribution in [0.15, 0.2) is 18.5 Å². The third-order valence-electron chi connectivity index (χ3n) is 5.35. The van der Waals surface area contributed by atoms with Gasteiger partial charge >= 0.3 is 0 Å². The normalized spacial score (nSPS) is 21.5. The Morgan fingerprint density at radius 3 is 2.54 bits per heavy atom. The molecular formula is C19H29N5O2. The number of carbonyl (C=O) groups is 2. The number of carbonyl (C=O) groups excluding carboxylic acids is 2. The SMILES string of the molecule is CC1CCCN(C(=O)C2CCN(C(=O)CCNc3ncccn3)CC2)C1. The fraction of sp³-hybridized carbons (Fsp3) is 0.684. The Kier molecular flexibility index (Phi) is 6.41. The summed E-state index contributed by atoms with van der Waals surface area (Å²) in [5.74, 6) is 1.66. The Labute approximate surface area is 155 Å². The van der Waals surface area contributed by atoms with Crippen molar-refractivity contribution in [2.24, 2.45) is 11.8 Å². The van der Waals surface area contributed by atoms with Gasteiger partial charge in [-0.2, -0.15) is 0 Å². The molecule has 0 bridgehead atoms. The molecular weight excluding hydrogens is 330 g/mol. The predicted molar refractivity (Wildman–Crippen MR) is 99.4 cm³/mol. The van der Waals surface area contributed by atoms with Crippen LogP contribution in [0.4, 0.5) is 5.95 Å². The molecule has 3 heterocycles. The maximum Gasteiger partial charge on any atom is 0.225 e. The van der Waals surface area contributed by atoms with Crippen LogP contribution in [0, 0.1) is 11.8 Å². The summed E-state index contributed by atoms with van der Waals surface area (Å²) in [5, 5.41) is 3.06. The van der Waals surface area contributed by atoms with E-state index in [9.17, 15) is 9.59 Å². The highest BCUT2D eigenvalue weighted by molar-refractivity contribution is 5.80. The second-order valence-electron chi connectivity index (χ2n) is 7.44. The van der Waals surface area contributed by atoms with Crippen molar-refractivity contribution < 1.29 is 9.59 Å². The van der Waals surface area contributed by atoms with Gasteiger partial charge in [0.15, 0.2) is 0 Å². The Hall–Kier alpha value is -2.18. The molecule has 1 atom stereocenters.